The lowest BCUT2D eigenvalue weighted by atomic mass is 9.94. The first-order valence-corrected chi connectivity index (χ1v) is 13.4. The van der Waals surface area contributed by atoms with Crippen molar-refractivity contribution in [2.24, 2.45) is 0 Å². The van der Waals surface area contributed by atoms with Crippen molar-refractivity contribution in [3.63, 3.8) is 0 Å². The topological polar surface area (TPSA) is 97.6 Å². The summed E-state index contributed by atoms with van der Waals surface area (Å²) in [5.74, 6) is 1.13. The number of hydrogen-bond donors (Lipinski definition) is 1. The Balaban J connectivity index is 1.29. The van der Waals surface area contributed by atoms with Crippen LogP contribution in [-0.2, 0) is 16.2 Å². The van der Waals surface area contributed by atoms with Crippen molar-refractivity contribution in [2.45, 2.75) is 88.1 Å². The highest BCUT2D eigenvalue weighted by molar-refractivity contribution is 7.99. The molecule has 1 heterocycles. The number of carbonyl (C=O) groups excluding carboxylic acids is 2. The van der Waals surface area contributed by atoms with Gasteiger partial charge < -0.3 is 19.4 Å². The SMILES string of the molecule is O=C(CN(C(=O)CSc1nnc(COc2ccccc2)o1)C1CCCCC1)NC1CCCCC1. The number of nitrogens with zero attached hydrogens (tertiary/aromatic N) is 3. The quantitative estimate of drug-likeness (QED) is 0.499. The molecule has 2 aliphatic rings. The van der Waals surface area contributed by atoms with Crippen LogP contribution in [0.25, 0.3) is 0 Å². The van der Waals surface area contributed by atoms with Crippen molar-refractivity contribution >= 4 is 23.6 Å². The molecule has 0 saturated heterocycles. The Morgan fingerprint density at radius 2 is 1.71 bits per heavy atom. The summed E-state index contributed by atoms with van der Waals surface area (Å²) in [6.07, 6.45) is 10.9. The Bertz CT molecular complexity index is 911. The largest absolute Gasteiger partial charge is 0.484 e. The van der Waals surface area contributed by atoms with Gasteiger partial charge in [-0.15, -0.1) is 10.2 Å². The molecule has 1 aromatic carbocycles. The number of ether oxygens (including phenoxy) is 1. The van der Waals surface area contributed by atoms with E-state index in [1.54, 1.807) is 4.90 Å². The minimum atomic E-state index is -0.0593. The fourth-order valence-electron chi connectivity index (χ4n) is 4.71. The molecular weight excluding hydrogens is 452 g/mol. The molecule has 1 N–H and O–H groups in total. The third kappa shape index (κ3) is 7.48. The van der Waals surface area contributed by atoms with E-state index in [2.05, 4.69) is 15.5 Å². The third-order valence-electron chi connectivity index (χ3n) is 6.49. The van der Waals surface area contributed by atoms with Crippen LogP contribution in [0.3, 0.4) is 0 Å². The van der Waals surface area contributed by atoms with E-state index >= 15 is 0 Å². The molecule has 0 radical (unpaired) electrons. The van der Waals surface area contributed by atoms with Gasteiger partial charge in [0.2, 0.25) is 11.8 Å². The normalized spacial score (nSPS) is 17.3. The Kier molecular flexibility index (Phi) is 9.24. The maximum Gasteiger partial charge on any atom is 0.277 e. The zero-order valence-electron chi connectivity index (χ0n) is 19.6. The molecule has 0 spiro atoms. The van der Waals surface area contributed by atoms with E-state index in [0.717, 1.165) is 57.1 Å². The summed E-state index contributed by atoms with van der Waals surface area (Å²) in [6, 6.07) is 9.78. The Morgan fingerprint density at radius 1 is 1.00 bits per heavy atom. The molecule has 2 saturated carbocycles. The van der Waals surface area contributed by atoms with Crippen LogP contribution in [-0.4, -0.2) is 51.3 Å². The Hall–Kier alpha value is -2.55. The summed E-state index contributed by atoms with van der Waals surface area (Å²) in [5, 5.41) is 11.5. The lowest BCUT2D eigenvalue weighted by Gasteiger charge is -2.34. The fourth-order valence-corrected chi connectivity index (χ4v) is 5.38. The van der Waals surface area contributed by atoms with Gasteiger partial charge in [0, 0.05) is 12.1 Å². The molecular formula is C25H34N4O4S. The second kappa shape index (κ2) is 12.8. The highest BCUT2D eigenvalue weighted by Gasteiger charge is 2.28. The van der Waals surface area contributed by atoms with Crippen LogP contribution >= 0.6 is 11.8 Å². The molecule has 0 unspecified atom stereocenters. The highest BCUT2D eigenvalue weighted by atomic mass is 32.2. The number of benzene rings is 1. The summed E-state index contributed by atoms with van der Waals surface area (Å²) in [5.41, 5.74) is 0. The summed E-state index contributed by atoms with van der Waals surface area (Å²) >= 11 is 1.21. The number of amides is 2. The van der Waals surface area contributed by atoms with Gasteiger partial charge in [0.1, 0.15) is 5.75 Å². The zero-order chi connectivity index (χ0) is 23.6. The van der Waals surface area contributed by atoms with E-state index in [4.69, 9.17) is 9.15 Å². The first-order valence-electron chi connectivity index (χ1n) is 12.4. The fraction of sp³-hybridized carbons (Fsp3) is 0.600. The molecule has 9 heteroatoms. The van der Waals surface area contributed by atoms with Crippen molar-refractivity contribution in [2.75, 3.05) is 12.3 Å². The van der Waals surface area contributed by atoms with Crippen molar-refractivity contribution in [3.8, 4) is 5.75 Å². The molecule has 34 heavy (non-hydrogen) atoms. The molecule has 8 nitrogen and oxygen atoms in total. The number of carbonyl (C=O) groups is 2. The third-order valence-corrected chi connectivity index (χ3v) is 7.30. The van der Waals surface area contributed by atoms with Gasteiger partial charge in [-0.3, -0.25) is 9.59 Å². The second-order valence-electron chi connectivity index (χ2n) is 9.07. The van der Waals surface area contributed by atoms with Gasteiger partial charge in [0.25, 0.3) is 11.1 Å². The van der Waals surface area contributed by atoms with Gasteiger partial charge in [0.05, 0.1) is 12.3 Å². The van der Waals surface area contributed by atoms with Crippen LogP contribution in [0.2, 0.25) is 0 Å². The van der Waals surface area contributed by atoms with Crippen LogP contribution in [0.1, 0.15) is 70.1 Å². The molecule has 2 fully saturated rings. The Labute approximate surface area is 205 Å². The molecule has 2 aromatic rings. The van der Waals surface area contributed by atoms with E-state index in [-0.39, 0.29) is 42.8 Å². The summed E-state index contributed by atoms with van der Waals surface area (Å²) in [7, 11) is 0. The van der Waals surface area contributed by atoms with E-state index in [1.807, 2.05) is 30.3 Å². The summed E-state index contributed by atoms with van der Waals surface area (Å²) in [4.78, 5) is 27.7. The van der Waals surface area contributed by atoms with Crippen LogP contribution in [0.5, 0.6) is 5.75 Å². The van der Waals surface area contributed by atoms with Crippen LogP contribution in [0, 0.1) is 0 Å². The van der Waals surface area contributed by atoms with Gasteiger partial charge >= 0.3 is 0 Å². The van der Waals surface area contributed by atoms with Gasteiger partial charge in [-0.1, -0.05) is 68.5 Å². The second-order valence-corrected chi connectivity index (χ2v) is 9.99. The summed E-state index contributed by atoms with van der Waals surface area (Å²) in [6.45, 7) is 0.293. The number of thioether (sulfide) groups is 1. The molecule has 4 rings (SSSR count). The molecule has 0 atom stereocenters. The minimum absolute atomic E-state index is 0.0473. The molecule has 2 amide bonds. The van der Waals surface area contributed by atoms with Crippen LogP contribution in [0.4, 0.5) is 0 Å². The predicted molar refractivity (Wildman–Crippen MR) is 129 cm³/mol. The number of nitrogens with one attached hydrogen (secondary N) is 1. The number of hydrogen-bond acceptors (Lipinski definition) is 7. The van der Waals surface area contributed by atoms with E-state index in [9.17, 15) is 9.59 Å². The lowest BCUT2D eigenvalue weighted by molar-refractivity contribution is -0.137. The predicted octanol–water partition coefficient (Wildman–Crippen LogP) is 4.35. The molecule has 2 aliphatic carbocycles. The average Bonchev–Trinajstić information content (AvgIpc) is 3.34. The molecule has 1 aromatic heterocycles. The monoisotopic (exact) mass is 486 g/mol. The average molecular weight is 487 g/mol. The highest BCUT2D eigenvalue weighted by Crippen LogP contribution is 2.25. The van der Waals surface area contributed by atoms with Crippen molar-refractivity contribution < 1.29 is 18.7 Å². The van der Waals surface area contributed by atoms with Crippen molar-refractivity contribution in [1.82, 2.24) is 20.4 Å². The van der Waals surface area contributed by atoms with Crippen LogP contribution in [0.15, 0.2) is 40.0 Å². The van der Waals surface area contributed by atoms with Crippen molar-refractivity contribution in [3.05, 3.63) is 36.2 Å². The number of para-hydroxylation sites is 1. The van der Waals surface area contributed by atoms with Gasteiger partial charge in [-0.2, -0.15) is 0 Å². The minimum Gasteiger partial charge on any atom is -0.484 e. The van der Waals surface area contributed by atoms with Gasteiger partial charge in [0.15, 0.2) is 6.61 Å². The molecule has 0 bridgehead atoms. The maximum absolute atomic E-state index is 13.2. The molecule has 0 aliphatic heterocycles. The maximum atomic E-state index is 13.2. The Morgan fingerprint density at radius 3 is 2.44 bits per heavy atom. The first-order chi connectivity index (χ1) is 16.7. The van der Waals surface area contributed by atoms with Crippen LogP contribution < -0.4 is 10.1 Å². The number of aromatic nitrogens is 2. The van der Waals surface area contributed by atoms with Gasteiger partial charge in [-0.25, -0.2) is 0 Å². The lowest BCUT2D eigenvalue weighted by Crippen LogP contribution is -2.49. The van der Waals surface area contributed by atoms with Crippen molar-refractivity contribution in [1.29, 1.82) is 0 Å². The smallest absolute Gasteiger partial charge is 0.277 e. The van der Waals surface area contributed by atoms with E-state index < -0.39 is 0 Å². The van der Waals surface area contributed by atoms with E-state index in [1.165, 1.54) is 24.6 Å². The standard InChI is InChI=1S/C25H34N4O4S/c30-22(26-19-10-4-1-5-11-19)16-29(20-12-6-2-7-13-20)24(31)18-34-25-28-27-23(33-25)17-32-21-14-8-3-9-15-21/h3,8-9,14-15,19-20H,1-2,4-7,10-13,16-18H2,(H,26,30). The van der Waals surface area contributed by atoms with Gasteiger partial charge in [-0.05, 0) is 37.8 Å². The summed E-state index contributed by atoms with van der Waals surface area (Å²) < 4.78 is 11.3. The number of rotatable bonds is 10. The zero-order valence-corrected chi connectivity index (χ0v) is 20.4. The first kappa shape index (κ1) is 24.6. The van der Waals surface area contributed by atoms with E-state index in [0.29, 0.717) is 11.1 Å². The molecule has 184 valence electrons.